The molecule has 0 amide bonds. The summed E-state index contributed by atoms with van der Waals surface area (Å²) in [6.07, 6.45) is 0. The minimum Gasteiger partial charge on any atom is -0.488 e. The Morgan fingerprint density at radius 3 is 2.59 bits per heavy atom. The normalized spacial score (nSPS) is 12.4. The monoisotopic (exact) mass is 247 g/mol. The zero-order chi connectivity index (χ0) is 12.1. The van der Waals surface area contributed by atoms with Crippen molar-refractivity contribution in [1.29, 1.82) is 0 Å². The highest BCUT2D eigenvalue weighted by Crippen LogP contribution is 2.19. The Balaban J connectivity index is 1.94. The van der Waals surface area contributed by atoms with Crippen LogP contribution in [0.4, 0.5) is 0 Å². The fourth-order valence-corrected chi connectivity index (χ4v) is 2.18. The maximum atomic E-state index is 5.71. The molecule has 0 aliphatic heterocycles. The number of nitrogens with one attached hydrogen (secondary N) is 1. The molecule has 0 radical (unpaired) electrons. The summed E-state index contributed by atoms with van der Waals surface area (Å²) in [4.78, 5) is 1.25. The molecule has 0 aliphatic rings. The largest absolute Gasteiger partial charge is 0.488 e. The van der Waals surface area contributed by atoms with Gasteiger partial charge in [0.05, 0.1) is 0 Å². The number of benzene rings is 1. The molecule has 0 bridgehead atoms. The van der Waals surface area contributed by atoms with E-state index in [-0.39, 0.29) is 0 Å². The first kappa shape index (κ1) is 12.1. The van der Waals surface area contributed by atoms with Crippen molar-refractivity contribution in [2.75, 3.05) is 7.05 Å². The molecule has 17 heavy (non-hydrogen) atoms. The smallest absolute Gasteiger partial charge is 0.122 e. The van der Waals surface area contributed by atoms with Crippen LogP contribution in [0.3, 0.4) is 0 Å². The minimum atomic E-state index is 0.376. The quantitative estimate of drug-likeness (QED) is 0.871. The lowest BCUT2D eigenvalue weighted by atomic mass is 10.1. The molecule has 2 rings (SSSR count). The summed E-state index contributed by atoms with van der Waals surface area (Å²) in [5.74, 6) is 0.922. The molecule has 1 heterocycles. The van der Waals surface area contributed by atoms with Crippen LogP contribution in [-0.4, -0.2) is 7.05 Å². The highest BCUT2D eigenvalue weighted by atomic mass is 32.1. The van der Waals surface area contributed by atoms with Crippen LogP contribution in [0.25, 0.3) is 0 Å². The van der Waals surface area contributed by atoms with E-state index in [0.717, 1.165) is 5.75 Å². The third-order valence-electron chi connectivity index (χ3n) is 2.77. The van der Waals surface area contributed by atoms with Crippen molar-refractivity contribution in [3.05, 3.63) is 52.2 Å². The molecule has 0 fully saturated rings. The van der Waals surface area contributed by atoms with Gasteiger partial charge in [0.2, 0.25) is 0 Å². The van der Waals surface area contributed by atoms with E-state index >= 15 is 0 Å². The van der Waals surface area contributed by atoms with E-state index in [1.165, 1.54) is 10.4 Å². The van der Waals surface area contributed by atoms with Crippen LogP contribution in [0.5, 0.6) is 5.75 Å². The molecule has 0 spiro atoms. The van der Waals surface area contributed by atoms with Gasteiger partial charge in [0, 0.05) is 10.9 Å². The molecule has 0 saturated carbocycles. The average molecular weight is 247 g/mol. The SMILES string of the molecule is CNC(C)c1ccc(OCc2cccs2)cc1. The van der Waals surface area contributed by atoms with Crippen LogP contribution in [0.2, 0.25) is 0 Å². The van der Waals surface area contributed by atoms with E-state index in [9.17, 15) is 0 Å². The predicted octanol–water partition coefficient (Wildman–Crippen LogP) is 3.61. The first-order valence-electron chi connectivity index (χ1n) is 5.72. The van der Waals surface area contributed by atoms with Gasteiger partial charge in [-0.3, -0.25) is 0 Å². The van der Waals surface area contributed by atoms with E-state index in [4.69, 9.17) is 4.74 Å². The molecule has 1 N–H and O–H groups in total. The van der Waals surface area contributed by atoms with E-state index in [2.05, 4.69) is 35.8 Å². The van der Waals surface area contributed by atoms with E-state index in [1.54, 1.807) is 11.3 Å². The second-order valence-electron chi connectivity index (χ2n) is 3.95. The number of thiophene rings is 1. The van der Waals surface area contributed by atoms with Crippen molar-refractivity contribution >= 4 is 11.3 Å². The molecule has 3 heteroatoms. The van der Waals surface area contributed by atoms with Gasteiger partial charge < -0.3 is 10.1 Å². The van der Waals surface area contributed by atoms with Gasteiger partial charge in [-0.15, -0.1) is 11.3 Å². The van der Waals surface area contributed by atoms with Gasteiger partial charge in [-0.1, -0.05) is 18.2 Å². The highest BCUT2D eigenvalue weighted by molar-refractivity contribution is 7.09. The van der Waals surface area contributed by atoms with Crippen LogP contribution < -0.4 is 10.1 Å². The van der Waals surface area contributed by atoms with Crippen molar-refractivity contribution < 1.29 is 4.74 Å². The molecule has 2 nitrogen and oxygen atoms in total. The van der Waals surface area contributed by atoms with Gasteiger partial charge in [-0.2, -0.15) is 0 Å². The van der Waals surface area contributed by atoms with Crippen LogP contribution in [0, 0.1) is 0 Å². The topological polar surface area (TPSA) is 21.3 Å². The van der Waals surface area contributed by atoms with Crippen molar-refractivity contribution in [2.24, 2.45) is 0 Å². The maximum absolute atomic E-state index is 5.71. The molecule has 2 aromatic rings. The Morgan fingerprint density at radius 2 is 2.00 bits per heavy atom. The average Bonchev–Trinajstić information content (AvgIpc) is 2.89. The van der Waals surface area contributed by atoms with E-state index in [0.29, 0.717) is 12.6 Å². The lowest BCUT2D eigenvalue weighted by Crippen LogP contribution is -2.11. The molecular formula is C14H17NOS. The Hall–Kier alpha value is -1.32. The van der Waals surface area contributed by atoms with Crippen molar-refractivity contribution in [1.82, 2.24) is 5.32 Å². The Morgan fingerprint density at radius 1 is 1.24 bits per heavy atom. The third-order valence-corrected chi connectivity index (χ3v) is 3.62. The van der Waals surface area contributed by atoms with Gasteiger partial charge in [-0.05, 0) is 43.1 Å². The molecule has 1 atom stereocenters. The maximum Gasteiger partial charge on any atom is 0.122 e. The van der Waals surface area contributed by atoms with Gasteiger partial charge in [0.15, 0.2) is 0 Å². The Bertz CT molecular complexity index is 436. The molecular weight excluding hydrogens is 230 g/mol. The Labute approximate surface area is 106 Å². The van der Waals surface area contributed by atoms with Crippen molar-refractivity contribution in [3.63, 3.8) is 0 Å². The van der Waals surface area contributed by atoms with Crippen LogP contribution in [0.1, 0.15) is 23.4 Å². The number of ether oxygens (including phenoxy) is 1. The first-order chi connectivity index (χ1) is 8.29. The lowest BCUT2D eigenvalue weighted by Gasteiger charge is -2.11. The first-order valence-corrected chi connectivity index (χ1v) is 6.60. The number of hydrogen-bond donors (Lipinski definition) is 1. The third kappa shape index (κ3) is 3.32. The molecule has 0 saturated heterocycles. The second kappa shape index (κ2) is 5.84. The zero-order valence-electron chi connectivity index (χ0n) is 10.1. The van der Waals surface area contributed by atoms with Crippen LogP contribution in [0.15, 0.2) is 41.8 Å². The van der Waals surface area contributed by atoms with E-state index in [1.807, 2.05) is 25.2 Å². The van der Waals surface area contributed by atoms with E-state index < -0.39 is 0 Å². The molecule has 1 aromatic carbocycles. The van der Waals surface area contributed by atoms with Gasteiger partial charge in [-0.25, -0.2) is 0 Å². The minimum absolute atomic E-state index is 0.376. The molecule has 1 unspecified atom stereocenters. The Kier molecular flexibility index (Phi) is 4.18. The fraction of sp³-hybridized carbons (Fsp3) is 0.286. The number of rotatable bonds is 5. The predicted molar refractivity (Wildman–Crippen MR) is 72.6 cm³/mol. The molecule has 90 valence electrons. The summed E-state index contributed by atoms with van der Waals surface area (Å²) in [6, 6.07) is 12.8. The summed E-state index contributed by atoms with van der Waals surface area (Å²) < 4.78 is 5.71. The van der Waals surface area contributed by atoms with Crippen LogP contribution >= 0.6 is 11.3 Å². The van der Waals surface area contributed by atoms with Crippen LogP contribution in [-0.2, 0) is 6.61 Å². The zero-order valence-corrected chi connectivity index (χ0v) is 11.0. The summed E-state index contributed by atoms with van der Waals surface area (Å²) >= 11 is 1.72. The summed E-state index contributed by atoms with van der Waals surface area (Å²) in [6.45, 7) is 2.79. The summed E-state index contributed by atoms with van der Waals surface area (Å²) in [7, 11) is 1.96. The molecule has 1 aromatic heterocycles. The fourth-order valence-electron chi connectivity index (χ4n) is 1.57. The second-order valence-corrected chi connectivity index (χ2v) is 4.98. The summed E-state index contributed by atoms with van der Waals surface area (Å²) in [5, 5.41) is 5.28. The lowest BCUT2D eigenvalue weighted by molar-refractivity contribution is 0.309. The standard InChI is InChI=1S/C14H17NOS/c1-11(15-2)12-5-7-13(8-6-12)16-10-14-4-3-9-17-14/h3-9,11,15H,10H2,1-2H3. The van der Waals surface area contributed by atoms with Crippen molar-refractivity contribution in [2.45, 2.75) is 19.6 Å². The highest BCUT2D eigenvalue weighted by Gasteiger charge is 2.02. The van der Waals surface area contributed by atoms with Gasteiger partial charge in [0.25, 0.3) is 0 Å². The summed E-state index contributed by atoms with van der Waals surface area (Å²) in [5.41, 5.74) is 1.27. The van der Waals surface area contributed by atoms with Crippen molar-refractivity contribution in [3.8, 4) is 5.75 Å². The van der Waals surface area contributed by atoms with Gasteiger partial charge in [0.1, 0.15) is 12.4 Å². The number of hydrogen-bond acceptors (Lipinski definition) is 3. The molecule has 0 aliphatic carbocycles. The van der Waals surface area contributed by atoms with Gasteiger partial charge >= 0.3 is 0 Å².